The Morgan fingerprint density at radius 3 is 2.64 bits per heavy atom. The minimum absolute atomic E-state index is 0.0741. The molecule has 0 aliphatic heterocycles. The Labute approximate surface area is 73.9 Å². The second-order valence-corrected chi connectivity index (χ2v) is 2.77. The third-order valence-electron chi connectivity index (χ3n) is 1.31. The predicted octanol–water partition coefficient (Wildman–Crippen LogP) is 2.80. The first-order chi connectivity index (χ1) is 5.15. The number of alkyl halides is 1. The molecule has 1 aromatic rings. The van der Waals surface area contributed by atoms with E-state index in [1.165, 1.54) is 6.07 Å². The maximum absolute atomic E-state index is 12.6. The third-order valence-corrected chi connectivity index (χ3v) is 1.95. The van der Waals surface area contributed by atoms with Crippen molar-refractivity contribution in [3.63, 3.8) is 0 Å². The zero-order valence-corrected chi connectivity index (χ0v) is 7.08. The molecule has 1 rings (SSSR count). The van der Waals surface area contributed by atoms with Gasteiger partial charge in [-0.05, 0) is 17.7 Å². The second-order valence-electron chi connectivity index (χ2n) is 2.10. The molecular formula is C7H6Cl2FN. The lowest BCUT2D eigenvalue weighted by Gasteiger charge is -2.01. The van der Waals surface area contributed by atoms with Gasteiger partial charge in [-0.2, -0.15) is 0 Å². The van der Waals surface area contributed by atoms with Crippen molar-refractivity contribution in [1.29, 1.82) is 0 Å². The number of hydrogen-bond acceptors (Lipinski definition) is 1. The molecule has 0 aliphatic carbocycles. The molecule has 4 heteroatoms. The van der Waals surface area contributed by atoms with Gasteiger partial charge in [-0.25, -0.2) is 4.39 Å². The number of anilines is 1. The normalized spacial score (nSPS) is 10.1. The summed E-state index contributed by atoms with van der Waals surface area (Å²) in [5, 5.41) is 0.312. The van der Waals surface area contributed by atoms with E-state index in [-0.39, 0.29) is 11.6 Å². The first-order valence-electron chi connectivity index (χ1n) is 2.94. The molecule has 0 spiro atoms. The van der Waals surface area contributed by atoms with Gasteiger partial charge in [-0.1, -0.05) is 11.6 Å². The molecule has 0 saturated heterocycles. The number of benzene rings is 1. The van der Waals surface area contributed by atoms with Crippen molar-refractivity contribution in [2.75, 3.05) is 5.73 Å². The van der Waals surface area contributed by atoms with E-state index >= 15 is 0 Å². The highest BCUT2D eigenvalue weighted by Gasteiger charge is 2.04. The van der Waals surface area contributed by atoms with Crippen LogP contribution in [0.4, 0.5) is 10.1 Å². The SMILES string of the molecule is Nc1cc(CCl)c(Cl)cc1F. The van der Waals surface area contributed by atoms with Crippen LogP contribution in [0.3, 0.4) is 0 Å². The lowest BCUT2D eigenvalue weighted by Crippen LogP contribution is -1.92. The Morgan fingerprint density at radius 2 is 2.09 bits per heavy atom. The summed E-state index contributed by atoms with van der Waals surface area (Å²) < 4.78 is 12.6. The molecule has 2 N–H and O–H groups in total. The summed E-state index contributed by atoms with van der Waals surface area (Å²) in [6.07, 6.45) is 0. The highest BCUT2D eigenvalue weighted by atomic mass is 35.5. The summed E-state index contributed by atoms with van der Waals surface area (Å²) in [6, 6.07) is 2.60. The smallest absolute Gasteiger partial charge is 0.147 e. The van der Waals surface area contributed by atoms with Gasteiger partial charge in [0.25, 0.3) is 0 Å². The molecule has 60 valence electrons. The molecule has 0 aromatic heterocycles. The molecule has 1 nitrogen and oxygen atoms in total. The molecule has 0 radical (unpaired) electrons. The Hall–Kier alpha value is -0.470. The van der Waals surface area contributed by atoms with Crippen LogP contribution in [0.2, 0.25) is 5.02 Å². The molecule has 0 atom stereocenters. The Morgan fingerprint density at radius 1 is 1.45 bits per heavy atom. The molecule has 11 heavy (non-hydrogen) atoms. The van der Waals surface area contributed by atoms with Gasteiger partial charge in [0.05, 0.1) is 5.69 Å². The van der Waals surface area contributed by atoms with Crippen molar-refractivity contribution < 1.29 is 4.39 Å². The lowest BCUT2D eigenvalue weighted by molar-refractivity contribution is 0.632. The van der Waals surface area contributed by atoms with Crippen molar-refractivity contribution >= 4 is 28.9 Å². The fourth-order valence-corrected chi connectivity index (χ4v) is 1.22. The zero-order chi connectivity index (χ0) is 8.43. The maximum atomic E-state index is 12.6. The molecule has 1 aromatic carbocycles. The molecule has 0 saturated carbocycles. The van der Waals surface area contributed by atoms with Crippen LogP contribution in [0.25, 0.3) is 0 Å². The third kappa shape index (κ3) is 1.76. The van der Waals surface area contributed by atoms with Crippen molar-refractivity contribution in [3.05, 3.63) is 28.5 Å². The summed E-state index contributed by atoms with van der Waals surface area (Å²) in [6.45, 7) is 0. The fraction of sp³-hybridized carbons (Fsp3) is 0.143. The van der Waals surface area contributed by atoms with Gasteiger partial charge in [0.2, 0.25) is 0 Å². The first kappa shape index (κ1) is 8.62. The van der Waals surface area contributed by atoms with Crippen molar-refractivity contribution in [2.24, 2.45) is 0 Å². The van der Waals surface area contributed by atoms with E-state index in [4.69, 9.17) is 28.9 Å². The standard InChI is InChI=1S/C7H6Cl2FN/c8-3-4-1-7(11)6(10)2-5(4)9/h1-2H,3,11H2. The number of halogens is 3. The second kappa shape index (κ2) is 3.28. The lowest BCUT2D eigenvalue weighted by atomic mass is 10.2. The molecular weight excluding hydrogens is 188 g/mol. The minimum atomic E-state index is -0.510. The molecule has 0 amide bonds. The van der Waals surface area contributed by atoms with E-state index in [1.54, 1.807) is 0 Å². The highest BCUT2D eigenvalue weighted by Crippen LogP contribution is 2.23. The predicted molar refractivity (Wildman–Crippen MR) is 45.4 cm³/mol. The molecule has 0 unspecified atom stereocenters. The Balaban J connectivity index is 3.21. The van der Waals surface area contributed by atoms with Crippen molar-refractivity contribution in [2.45, 2.75) is 5.88 Å². The van der Waals surface area contributed by atoms with Crippen LogP contribution in [0.1, 0.15) is 5.56 Å². The van der Waals surface area contributed by atoms with Crippen LogP contribution in [-0.4, -0.2) is 0 Å². The van der Waals surface area contributed by atoms with E-state index < -0.39 is 5.82 Å². The maximum Gasteiger partial charge on any atom is 0.147 e. The fourth-order valence-electron chi connectivity index (χ4n) is 0.715. The van der Waals surface area contributed by atoms with Crippen LogP contribution < -0.4 is 5.73 Å². The average molecular weight is 194 g/mol. The van der Waals surface area contributed by atoms with Crippen LogP contribution in [0.15, 0.2) is 12.1 Å². The zero-order valence-electron chi connectivity index (χ0n) is 5.57. The van der Waals surface area contributed by atoms with Gasteiger partial charge in [-0.15, -0.1) is 11.6 Å². The summed E-state index contributed by atoms with van der Waals surface area (Å²) in [5.41, 5.74) is 5.99. The van der Waals surface area contributed by atoms with E-state index in [2.05, 4.69) is 0 Å². The largest absolute Gasteiger partial charge is 0.396 e. The number of hydrogen-bond donors (Lipinski definition) is 1. The molecule has 0 aliphatic rings. The molecule has 0 bridgehead atoms. The van der Waals surface area contributed by atoms with Gasteiger partial charge in [0.15, 0.2) is 0 Å². The summed E-state index contributed by atoms with van der Waals surface area (Å²) >= 11 is 11.1. The van der Waals surface area contributed by atoms with E-state index in [0.29, 0.717) is 10.6 Å². The summed E-state index contributed by atoms with van der Waals surface area (Å²) in [7, 11) is 0. The minimum Gasteiger partial charge on any atom is -0.396 e. The summed E-state index contributed by atoms with van der Waals surface area (Å²) in [4.78, 5) is 0. The summed E-state index contributed by atoms with van der Waals surface area (Å²) in [5.74, 6) is -0.271. The van der Waals surface area contributed by atoms with Gasteiger partial charge < -0.3 is 5.73 Å². The average Bonchev–Trinajstić information content (AvgIpc) is 1.97. The quantitative estimate of drug-likeness (QED) is 0.539. The van der Waals surface area contributed by atoms with Gasteiger partial charge in [0.1, 0.15) is 5.82 Å². The Kier molecular flexibility index (Phi) is 2.58. The van der Waals surface area contributed by atoms with Crippen molar-refractivity contribution in [3.8, 4) is 0 Å². The Bertz CT molecular complexity index is 275. The van der Waals surface area contributed by atoms with E-state index in [0.717, 1.165) is 6.07 Å². The molecule has 0 fully saturated rings. The highest BCUT2D eigenvalue weighted by molar-refractivity contribution is 6.32. The van der Waals surface area contributed by atoms with Crippen LogP contribution in [-0.2, 0) is 5.88 Å². The number of nitrogen functional groups attached to an aromatic ring is 1. The van der Waals surface area contributed by atoms with Crippen LogP contribution in [0, 0.1) is 5.82 Å². The van der Waals surface area contributed by atoms with E-state index in [1.807, 2.05) is 0 Å². The van der Waals surface area contributed by atoms with Gasteiger partial charge >= 0.3 is 0 Å². The van der Waals surface area contributed by atoms with Crippen LogP contribution >= 0.6 is 23.2 Å². The monoisotopic (exact) mass is 193 g/mol. The number of nitrogens with two attached hydrogens (primary N) is 1. The topological polar surface area (TPSA) is 26.0 Å². The van der Waals surface area contributed by atoms with Gasteiger partial charge in [0, 0.05) is 10.9 Å². The van der Waals surface area contributed by atoms with Gasteiger partial charge in [-0.3, -0.25) is 0 Å². The number of rotatable bonds is 1. The van der Waals surface area contributed by atoms with E-state index in [9.17, 15) is 4.39 Å². The molecule has 0 heterocycles. The first-order valence-corrected chi connectivity index (χ1v) is 3.85. The van der Waals surface area contributed by atoms with Crippen LogP contribution in [0.5, 0.6) is 0 Å². The van der Waals surface area contributed by atoms with Crippen molar-refractivity contribution in [1.82, 2.24) is 0 Å².